The van der Waals surface area contributed by atoms with Gasteiger partial charge in [0.25, 0.3) is 0 Å². The summed E-state index contributed by atoms with van der Waals surface area (Å²) in [4.78, 5) is 23.7. The molecule has 1 atom stereocenters. The zero-order chi connectivity index (χ0) is 20.6. The highest BCUT2D eigenvalue weighted by atomic mass is 32.2. The van der Waals surface area contributed by atoms with Gasteiger partial charge in [-0.1, -0.05) is 17.8 Å². The van der Waals surface area contributed by atoms with Gasteiger partial charge in [0.1, 0.15) is 15.7 Å². The van der Waals surface area contributed by atoms with E-state index in [1.807, 2.05) is 20.8 Å². The standard InChI is InChI=1S/C18H20N4O3S3/c1-9-10(2)26-17-15(9)18(21-12(4)20-17)27-11(3)16(23)22-13-6-5-7-14(8-13)28(19,24)25/h5-8,11H,1-4H3,(H,22,23)(H2,19,24,25). The first kappa shape index (κ1) is 20.7. The largest absolute Gasteiger partial charge is 0.325 e. The Morgan fingerprint density at radius 3 is 2.64 bits per heavy atom. The number of aryl methyl sites for hydroxylation is 3. The number of carbonyl (C=O) groups excluding carboxylic acids is 1. The van der Waals surface area contributed by atoms with E-state index in [0.717, 1.165) is 20.8 Å². The lowest BCUT2D eigenvalue weighted by Crippen LogP contribution is -2.23. The van der Waals surface area contributed by atoms with Gasteiger partial charge >= 0.3 is 0 Å². The molecule has 0 fully saturated rings. The van der Waals surface area contributed by atoms with Crippen LogP contribution in [0.3, 0.4) is 0 Å². The molecule has 1 amide bonds. The van der Waals surface area contributed by atoms with Gasteiger partial charge in [-0.25, -0.2) is 23.5 Å². The number of carbonyl (C=O) groups is 1. The minimum atomic E-state index is -3.83. The molecule has 0 saturated carbocycles. The van der Waals surface area contributed by atoms with E-state index in [1.165, 1.54) is 34.8 Å². The molecular formula is C18H20N4O3S3. The molecule has 10 heteroatoms. The molecule has 7 nitrogen and oxygen atoms in total. The van der Waals surface area contributed by atoms with E-state index in [0.29, 0.717) is 11.5 Å². The number of sulfonamides is 1. The summed E-state index contributed by atoms with van der Waals surface area (Å²) in [5.41, 5.74) is 1.49. The summed E-state index contributed by atoms with van der Waals surface area (Å²) in [6, 6.07) is 5.86. The van der Waals surface area contributed by atoms with Crippen LogP contribution < -0.4 is 10.5 Å². The smallest absolute Gasteiger partial charge is 0.238 e. The average Bonchev–Trinajstić information content (AvgIpc) is 2.88. The lowest BCUT2D eigenvalue weighted by Gasteiger charge is -2.13. The van der Waals surface area contributed by atoms with Crippen molar-refractivity contribution in [2.45, 2.75) is 42.9 Å². The Bertz CT molecular complexity index is 1170. The molecule has 2 aromatic heterocycles. The predicted molar refractivity (Wildman–Crippen MR) is 113 cm³/mol. The summed E-state index contributed by atoms with van der Waals surface area (Å²) in [6.07, 6.45) is 0. The molecule has 0 saturated heterocycles. The van der Waals surface area contributed by atoms with Gasteiger partial charge in [-0.3, -0.25) is 4.79 Å². The van der Waals surface area contributed by atoms with Crippen molar-refractivity contribution in [2.75, 3.05) is 5.32 Å². The molecule has 3 rings (SSSR count). The Morgan fingerprint density at radius 1 is 1.25 bits per heavy atom. The number of aromatic nitrogens is 2. The van der Waals surface area contributed by atoms with E-state index in [1.54, 1.807) is 24.3 Å². The molecule has 3 N–H and O–H groups in total. The number of hydrogen-bond donors (Lipinski definition) is 2. The first-order valence-electron chi connectivity index (χ1n) is 8.41. The van der Waals surface area contributed by atoms with Crippen LogP contribution in [-0.4, -0.2) is 29.5 Å². The quantitative estimate of drug-likeness (QED) is 0.468. The number of anilines is 1. The van der Waals surface area contributed by atoms with Gasteiger partial charge < -0.3 is 5.32 Å². The maximum atomic E-state index is 12.6. The maximum absolute atomic E-state index is 12.6. The highest BCUT2D eigenvalue weighted by Gasteiger charge is 2.20. The van der Waals surface area contributed by atoms with Crippen molar-refractivity contribution in [1.29, 1.82) is 0 Å². The lowest BCUT2D eigenvalue weighted by atomic mass is 10.2. The Labute approximate surface area is 171 Å². The number of nitrogens with one attached hydrogen (secondary N) is 1. The third-order valence-electron chi connectivity index (χ3n) is 4.20. The summed E-state index contributed by atoms with van der Waals surface area (Å²) in [5, 5.41) is 9.18. The van der Waals surface area contributed by atoms with Crippen molar-refractivity contribution in [3.8, 4) is 0 Å². The molecule has 1 unspecified atom stereocenters. The molecule has 0 spiro atoms. The number of amides is 1. The van der Waals surface area contributed by atoms with Crippen molar-refractivity contribution >= 4 is 54.9 Å². The van der Waals surface area contributed by atoms with E-state index in [4.69, 9.17) is 5.14 Å². The van der Waals surface area contributed by atoms with Crippen molar-refractivity contribution < 1.29 is 13.2 Å². The number of thiophene rings is 1. The van der Waals surface area contributed by atoms with Crippen molar-refractivity contribution in [3.63, 3.8) is 0 Å². The topological polar surface area (TPSA) is 115 Å². The molecule has 1 aromatic carbocycles. The summed E-state index contributed by atoms with van der Waals surface area (Å²) >= 11 is 2.97. The molecule has 2 heterocycles. The van der Waals surface area contributed by atoms with Crippen molar-refractivity contribution in [3.05, 3.63) is 40.5 Å². The minimum absolute atomic E-state index is 0.0527. The van der Waals surface area contributed by atoms with E-state index >= 15 is 0 Å². The van der Waals surface area contributed by atoms with Crippen LogP contribution >= 0.6 is 23.1 Å². The Hall–Kier alpha value is -2.01. The van der Waals surface area contributed by atoms with Gasteiger partial charge in [0.05, 0.1) is 10.1 Å². The van der Waals surface area contributed by atoms with Gasteiger partial charge in [0.15, 0.2) is 0 Å². The second-order valence-electron chi connectivity index (χ2n) is 6.36. The van der Waals surface area contributed by atoms with E-state index in [9.17, 15) is 13.2 Å². The Morgan fingerprint density at radius 2 is 1.96 bits per heavy atom. The van der Waals surface area contributed by atoms with Crippen LogP contribution in [0.5, 0.6) is 0 Å². The number of hydrogen-bond acceptors (Lipinski definition) is 7. The fraction of sp³-hybridized carbons (Fsp3) is 0.278. The number of fused-ring (bicyclic) bond motifs is 1. The third-order valence-corrected chi connectivity index (χ3v) is 7.29. The third kappa shape index (κ3) is 4.35. The number of benzene rings is 1. The van der Waals surface area contributed by atoms with Crippen molar-refractivity contribution in [2.24, 2.45) is 5.14 Å². The molecule has 28 heavy (non-hydrogen) atoms. The molecule has 3 aromatic rings. The summed E-state index contributed by atoms with van der Waals surface area (Å²) < 4.78 is 23.0. The van der Waals surface area contributed by atoms with Gasteiger partial charge in [-0.15, -0.1) is 11.3 Å². The second-order valence-corrected chi connectivity index (χ2v) is 10.5. The number of rotatable bonds is 5. The normalized spacial score (nSPS) is 12.9. The van der Waals surface area contributed by atoms with Crippen LogP contribution in [0, 0.1) is 20.8 Å². The van der Waals surface area contributed by atoms with Crippen LogP contribution in [0.15, 0.2) is 34.2 Å². The summed E-state index contributed by atoms with van der Waals surface area (Å²) in [6.45, 7) is 7.68. The first-order valence-corrected chi connectivity index (χ1v) is 11.6. The molecular weight excluding hydrogens is 416 g/mol. The lowest BCUT2D eigenvalue weighted by molar-refractivity contribution is -0.115. The molecule has 0 aliphatic heterocycles. The van der Waals surface area contributed by atoms with Gasteiger partial charge in [-0.2, -0.15) is 0 Å². The molecule has 148 valence electrons. The fourth-order valence-electron chi connectivity index (χ4n) is 2.62. The van der Waals surface area contributed by atoms with Crippen LogP contribution in [-0.2, 0) is 14.8 Å². The maximum Gasteiger partial charge on any atom is 0.238 e. The highest BCUT2D eigenvalue weighted by Crippen LogP contribution is 2.36. The SMILES string of the molecule is Cc1nc(SC(C)C(=O)Nc2cccc(S(N)(=O)=O)c2)c2c(C)c(C)sc2n1. The van der Waals surface area contributed by atoms with Crippen LogP contribution in [0.4, 0.5) is 5.69 Å². The molecule has 0 radical (unpaired) electrons. The van der Waals surface area contributed by atoms with Crippen LogP contribution in [0.25, 0.3) is 10.2 Å². The van der Waals surface area contributed by atoms with Crippen LogP contribution in [0.1, 0.15) is 23.2 Å². The monoisotopic (exact) mass is 436 g/mol. The number of primary sulfonamides is 1. The average molecular weight is 437 g/mol. The summed E-state index contributed by atoms with van der Waals surface area (Å²) in [7, 11) is -3.83. The molecule has 0 bridgehead atoms. The predicted octanol–water partition coefficient (Wildman–Crippen LogP) is 3.38. The Kier molecular flexibility index (Phi) is 5.76. The van der Waals surface area contributed by atoms with E-state index < -0.39 is 15.3 Å². The van der Waals surface area contributed by atoms with E-state index in [-0.39, 0.29) is 10.8 Å². The number of thioether (sulfide) groups is 1. The van der Waals surface area contributed by atoms with Gasteiger partial charge in [0.2, 0.25) is 15.9 Å². The van der Waals surface area contributed by atoms with E-state index in [2.05, 4.69) is 15.3 Å². The number of nitrogens with zero attached hydrogens (tertiary/aromatic N) is 2. The highest BCUT2D eigenvalue weighted by molar-refractivity contribution is 8.00. The van der Waals surface area contributed by atoms with Gasteiger partial charge in [-0.05, 0) is 51.5 Å². The Balaban J connectivity index is 1.83. The molecule has 0 aliphatic rings. The zero-order valence-electron chi connectivity index (χ0n) is 15.8. The minimum Gasteiger partial charge on any atom is -0.325 e. The zero-order valence-corrected chi connectivity index (χ0v) is 18.3. The van der Waals surface area contributed by atoms with Gasteiger partial charge in [0, 0.05) is 16.0 Å². The van der Waals surface area contributed by atoms with Crippen molar-refractivity contribution in [1.82, 2.24) is 9.97 Å². The van der Waals surface area contributed by atoms with Crippen LogP contribution in [0.2, 0.25) is 0 Å². The second kappa shape index (κ2) is 7.78. The summed E-state index contributed by atoms with van der Waals surface area (Å²) in [5.74, 6) is 0.398. The molecule has 0 aliphatic carbocycles. The number of nitrogens with two attached hydrogens (primary N) is 1. The fourth-order valence-corrected chi connectivity index (χ4v) is 5.37. The first-order chi connectivity index (χ1) is 13.1.